The van der Waals surface area contributed by atoms with Crippen molar-refractivity contribution in [2.45, 2.75) is 26.3 Å². The molecule has 0 atom stereocenters. The summed E-state index contributed by atoms with van der Waals surface area (Å²) in [7, 11) is 0. The minimum atomic E-state index is 0.183. The molecular weight excluding hydrogens is 290 g/mol. The summed E-state index contributed by atoms with van der Waals surface area (Å²) in [5.41, 5.74) is 4.70. The molecule has 0 saturated heterocycles. The van der Waals surface area contributed by atoms with Crippen molar-refractivity contribution in [2.75, 3.05) is 13.3 Å². The Morgan fingerprint density at radius 2 is 1.87 bits per heavy atom. The monoisotopic (exact) mass is 309 g/mol. The first kappa shape index (κ1) is 14.1. The fourth-order valence-corrected chi connectivity index (χ4v) is 3.24. The molecule has 118 valence electrons. The van der Waals surface area contributed by atoms with Crippen LogP contribution in [0.3, 0.4) is 0 Å². The molecule has 0 radical (unpaired) electrons. The Hall–Kier alpha value is -2.49. The number of benzene rings is 2. The Balaban J connectivity index is 1.51. The predicted octanol–water partition coefficient (Wildman–Crippen LogP) is 2.85. The molecule has 23 heavy (non-hydrogen) atoms. The van der Waals surface area contributed by atoms with E-state index in [2.05, 4.69) is 19.1 Å². The first-order chi connectivity index (χ1) is 11.2. The number of rotatable bonds is 2. The molecule has 0 N–H and O–H groups in total. The zero-order valence-corrected chi connectivity index (χ0v) is 13.2. The molecule has 0 aromatic heterocycles. The molecule has 4 heteroatoms. The van der Waals surface area contributed by atoms with E-state index in [1.54, 1.807) is 0 Å². The van der Waals surface area contributed by atoms with E-state index in [1.807, 2.05) is 29.2 Å². The van der Waals surface area contributed by atoms with Crippen LogP contribution in [0.4, 0.5) is 0 Å². The molecule has 0 aliphatic carbocycles. The highest BCUT2D eigenvalue weighted by atomic mass is 16.7. The van der Waals surface area contributed by atoms with Crippen LogP contribution >= 0.6 is 0 Å². The Kier molecular flexibility index (Phi) is 3.45. The third-order valence-electron chi connectivity index (χ3n) is 4.66. The Bertz CT molecular complexity index is 769. The summed E-state index contributed by atoms with van der Waals surface area (Å²) in [6.45, 7) is 3.75. The van der Waals surface area contributed by atoms with Gasteiger partial charge in [-0.25, -0.2) is 0 Å². The zero-order chi connectivity index (χ0) is 15.8. The summed E-state index contributed by atoms with van der Waals surface area (Å²) in [6.07, 6.45) is 1.33. The number of aryl methyl sites for hydroxylation is 1. The molecular formula is C19H19NO3. The van der Waals surface area contributed by atoms with Gasteiger partial charge in [0.05, 0.1) is 6.42 Å². The van der Waals surface area contributed by atoms with Gasteiger partial charge in [-0.15, -0.1) is 0 Å². The van der Waals surface area contributed by atoms with Gasteiger partial charge < -0.3 is 14.4 Å². The minimum absolute atomic E-state index is 0.183. The standard InChI is InChI=1S/C19H19NO3/c1-13-4-2-3-5-14(13)10-19(21)20-7-6-15-8-17-18(23-12-22-17)9-16(15)11-20/h2-5,8-9H,6-7,10-12H2,1H3. The van der Waals surface area contributed by atoms with Crippen LogP contribution in [0.15, 0.2) is 36.4 Å². The van der Waals surface area contributed by atoms with Crippen molar-refractivity contribution in [2.24, 2.45) is 0 Å². The van der Waals surface area contributed by atoms with Crippen molar-refractivity contribution in [1.82, 2.24) is 4.90 Å². The summed E-state index contributed by atoms with van der Waals surface area (Å²) in [5, 5.41) is 0. The average molecular weight is 309 g/mol. The minimum Gasteiger partial charge on any atom is -0.454 e. The van der Waals surface area contributed by atoms with Crippen LogP contribution in [0.2, 0.25) is 0 Å². The van der Waals surface area contributed by atoms with Crippen LogP contribution in [0.1, 0.15) is 22.3 Å². The average Bonchev–Trinajstić information content (AvgIpc) is 3.01. The molecule has 0 fully saturated rings. The van der Waals surface area contributed by atoms with Gasteiger partial charge in [0.2, 0.25) is 12.7 Å². The number of fused-ring (bicyclic) bond motifs is 2. The second kappa shape index (κ2) is 5.61. The number of nitrogens with zero attached hydrogens (tertiary/aromatic N) is 1. The number of carbonyl (C=O) groups excluding carboxylic acids is 1. The van der Waals surface area contributed by atoms with Crippen molar-refractivity contribution in [3.63, 3.8) is 0 Å². The molecule has 1 amide bonds. The van der Waals surface area contributed by atoms with E-state index in [0.717, 1.165) is 30.0 Å². The summed E-state index contributed by atoms with van der Waals surface area (Å²) in [4.78, 5) is 14.6. The maximum absolute atomic E-state index is 12.6. The maximum Gasteiger partial charge on any atom is 0.231 e. The number of ether oxygens (including phenoxy) is 2. The van der Waals surface area contributed by atoms with E-state index in [1.165, 1.54) is 16.7 Å². The highest BCUT2D eigenvalue weighted by Crippen LogP contribution is 2.36. The maximum atomic E-state index is 12.6. The highest BCUT2D eigenvalue weighted by molar-refractivity contribution is 5.79. The third-order valence-corrected chi connectivity index (χ3v) is 4.66. The summed E-state index contributed by atoms with van der Waals surface area (Å²) < 4.78 is 10.9. The van der Waals surface area contributed by atoms with Gasteiger partial charge in [0, 0.05) is 13.1 Å². The molecule has 0 unspecified atom stereocenters. The van der Waals surface area contributed by atoms with Gasteiger partial charge in [-0.05, 0) is 47.7 Å². The number of carbonyl (C=O) groups is 1. The number of hydrogen-bond donors (Lipinski definition) is 0. The third kappa shape index (κ3) is 2.65. The zero-order valence-electron chi connectivity index (χ0n) is 13.2. The van der Waals surface area contributed by atoms with Crippen LogP contribution in [0.5, 0.6) is 11.5 Å². The Labute approximate surface area is 135 Å². The van der Waals surface area contributed by atoms with E-state index in [-0.39, 0.29) is 12.7 Å². The lowest BCUT2D eigenvalue weighted by molar-refractivity contribution is -0.131. The van der Waals surface area contributed by atoms with E-state index in [4.69, 9.17) is 9.47 Å². The largest absolute Gasteiger partial charge is 0.454 e. The van der Waals surface area contributed by atoms with Gasteiger partial charge in [0.15, 0.2) is 11.5 Å². The molecule has 2 aliphatic rings. The molecule has 2 heterocycles. The second-order valence-electron chi connectivity index (χ2n) is 6.14. The first-order valence-electron chi connectivity index (χ1n) is 7.94. The summed E-state index contributed by atoms with van der Waals surface area (Å²) >= 11 is 0. The Morgan fingerprint density at radius 1 is 1.13 bits per heavy atom. The highest BCUT2D eigenvalue weighted by Gasteiger charge is 2.24. The quantitative estimate of drug-likeness (QED) is 0.856. The Morgan fingerprint density at radius 3 is 2.65 bits per heavy atom. The van der Waals surface area contributed by atoms with Gasteiger partial charge in [0.25, 0.3) is 0 Å². The topological polar surface area (TPSA) is 38.8 Å². The van der Waals surface area contributed by atoms with Crippen LogP contribution in [0.25, 0.3) is 0 Å². The van der Waals surface area contributed by atoms with E-state index in [0.29, 0.717) is 13.0 Å². The van der Waals surface area contributed by atoms with Crippen molar-refractivity contribution in [1.29, 1.82) is 0 Å². The molecule has 2 aromatic rings. The van der Waals surface area contributed by atoms with Crippen molar-refractivity contribution < 1.29 is 14.3 Å². The smallest absolute Gasteiger partial charge is 0.231 e. The van der Waals surface area contributed by atoms with Gasteiger partial charge in [-0.3, -0.25) is 4.79 Å². The lowest BCUT2D eigenvalue weighted by Gasteiger charge is -2.29. The van der Waals surface area contributed by atoms with Gasteiger partial charge in [0.1, 0.15) is 0 Å². The molecule has 4 rings (SSSR count). The van der Waals surface area contributed by atoms with Gasteiger partial charge >= 0.3 is 0 Å². The van der Waals surface area contributed by atoms with Gasteiger partial charge in [-0.2, -0.15) is 0 Å². The fourth-order valence-electron chi connectivity index (χ4n) is 3.24. The normalized spacial score (nSPS) is 15.4. The molecule has 2 aliphatic heterocycles. The van der Waals surface area contributed by atoms with Crippen molar-refractivity contribution in [3.8, 4) is 11.5 Å². The lowest BCUT2D eigenvalue weighted by atomic mass is 9.98. The van der Waals surface area contributed by atoms with E-state index in [9.17, 15) is 4.79 Å². The molecule has 0 bridgehead atoms. The van der Waals surface area contributed by atoms with Crippen LogP contribution in [-0.4, -0.2) is 24.1 Å². The number of hydrogen-bond acceptors (Lipinski definition) is 3. The number of amides is 1. The van der Waals surface area contributed by atoms with Crippen LogP contribution in [0, 0.1) is 6.92 Å². The predicted molar refractivity (Wildman–Crippen MR) is 86.6 cm³/mol. The van der Waals surface area contributed by atoms with E-state index >= 15 is 0 Å². The SMILES string of the molecule is Cc1ccccc1CC(=O)N1CCc2cc3c(cc2C1)OCO3. The first-order valence-corrected chi connectivity index (χ1v) is 7.94. The second-order valence-corrected chi connectivity index (χ2v) is 6.14. The molecule has 4 nitrogen and oxygen atoms in total. The van der Waals surface area contributed by atoms with Crippen LogP contribution < -0.4 is 9.47 Å². The van der Waals surface area contributed by atoms with E-state index < -0.39 is 0 Å². The molecule has 0 saturated carbocycles. The van der Waals surface area contributed by atoms with Crippen LogP contribution in [-0.2, 0) is 24.2 Å². The fraction of sp³-hybridized carbons (Fsp3) is 0.316. The molecule has 0 spiro atoms. The molecule has 2 aromatic carbocycles. The lowest BCUT2D eigenvalue weighted by Crippen LogP contribution is -2.37. The van der Waals surface area contributed by atoms with Crippen molar-refractivity contribution in [3.05, 3.63) is 58.7 Å². The van der Waals surface area contributed by atoms with Gasteiger partial charge in [-0.1, -0.05) is 24.3 Å². The summed E-state index contributed by atoms with van der Waals surface area (Å²) in [5.74, 6) is 1.79. The van der Waals surface area contributed by atoms with Crippen molar-refractivity contribution >= 4 is 5.91 Å². The summed E-state index contributed by atoms with van der Waals surface area (Å²) in [6, 6.07) is 12.1.